The first-order valence-corrected chi connectivity index (χ1v) is 6.07. The largest absolute Gasteiger partial charge is 0.467 e. The van der Waals surface area contributed by atoms with Gasteiger partial charge in [-0.3, -0.25) is 0 Å². The molecule has 1 aromatic heterocycles. The van der Waals surface area contributed by atoms with Crippen LogP contribution in [0.2, 0.25) is 0 Å². The molecular weight excluding hydrogens is 296 g/mol. The summed E-state index contributed by atoms with van der Waals surface area (Å²) < 4.78 is 3.25. The van der Waals surface area contributed by atoms with Gasteiger partial charge >= 0.3 is 6.01 Å². The first-order chi connectivity index (χ1) is 8.50. The molecule has 7 heteroatoms. The third-order valence-corrected chi connectivity index (χ3v) is 2.59. The maximum absolute atomic E-state index is 5.77. The van der Waals surface area contributed by atoms with Crippen molar-refractivity contribution in [3.63, 3.8) is 0 Å². The van der Waals surface area contributed by atoms with E-state index in [1.807, 2.05) is 30.3 Å². The van der Waals surface area contributed by atoms with Crippen molar-refractivity contribution in [1.82, 2.24) is 15.0 Å². The van der Waals surface area contributed by atoms with Crippen LogP contribution in [-0.4, -0.2) is 22.1 Å². The molecule has 1 heterocycles. The molecule has 0 radical (unpaired) electrons. The third-order valence-electron chi connectivity index (χ3n) is 2.08. The van der Waals surface area contributed by atoms with Gasteiger partial charge in [-0.25, -0.2) is 4.98 Å². The molecule has 0 saturated heterocycles. The summed E-state index contributed by atoms with van der Waals surface area (Å²) in [6, 6.07) is 9.40. The summed E-state index contributed by atoms with van der Waals surface area (Å²) in [6.07, 6.45) is 0. The minimum absolute atomic E-state index is 0.0261. The molecule has 0 saturated carbocycles. The van der Waals surface area contributed by atoms with Crippen molar-refractivity contribution in [3.8, 4) is 17.4 Å². The highest BCUT2D eigenvalue weighted by Crippen LogP contribution is 2.36. The van der Waals surface area contributed by atoms with Gasteiger partial charge in [-0.05, 0) is 0 Å². The van der Waals surface area contributed by atoms with Gasteiger partial charge in [-0.1, -0.05) is 65.1 Å². The highest BCUT2D eigenvalue weighted by Gasteiger charge is 2.28. The van der Waals surface area contributed by atoms with Gasteiger partial charge in [-0.2, -0.15) is 9.97 Å². The second-order valence-corrected chi connectivity index (χ2v) is 5.61. The highest BCUT2D eigenvalue weighted by molar-refractivity contribution is 6.66. The zero-order chi connectivity index (χ0) is 13.2. The van der Waals surface area contributed by atoms with Crippen molar-refractivity contribution in [1.29, 1.82) is 0 Å². The Morgan fingerprint density at radius 3 is 2.22 bits per heavy atom. The summed E-state index contributed by atoms with van der Waals surface area (Å²) in [5.41, 5.74) is 0.786. The van der Waals surface area contributed by atoms with Gasteiger partial charge < -0.3 is 4.74 Å². The van der Waals surface area contributed by atoms with E-state index < -0.39 is 3.79 Å². The lowest BCUT2D eigenvalue weighted by atomic mass is 10.2. The van der Waals surface area contributed by atoms with E-state index in [4.69, 9.17) is 39.5 Å². The number of rotatable bonds is 2. The van der Waals surface area contributed by atoms with Crippen LogP contribution in [0.25, 0.3) is 11.4 Å². The van der Waals surface area contributed by atoms with E-state index in [9.17, 15) is 0 Å². The number of methoxy groups -OCH3 is 1. The normalized spacial score (nSPS) is 11.3. The average Bonchev–Trinajstić information content (AvgIpc) is 2.38. The van der Waals surface area contributed by atoms with Gasteiger partial charge in [0.1, 0.15) is 0 Å². The van der Waals surface area contributed by atoms with Gasteiger partial charge in [0.05, 0.1) is 7.11 Å². The van der Waals surface area contributed by atoms with E-state index in [-0.39, 0.29) is 11.8 Å². The van der Waals surface area contributed by atoms with Crippen LogP contribution in [0.5, 0.6) is 6.01 Å². The van der Waals surface area contributed by atoms with Gasteiger partial charge in [0.15, 0.2) is 11.6 Å². The zero-order valence-corrected chi connectivity index (χ0v) is 11.5. The van der Waals surface area contributed by atoms with E-state index in [2.05, 4.69) is 15.0 Å². The molecule has 0 spiro atoms. The Labute approximate surface area is 119 Å². The fourth-order valence-corrected chi connectivity index (χ4v) is 1.54. The number of aromatic nitrogens is 3. The minimum atomic E-state index is -1.72. The maximum atomic E-state index is 5.77. The van der Waals surface area contributed by atoms with E-state index >= 15 is 0 Å². The standard InChI is InChI=1S/C11H8Cl3N3O/c1-18-10-16-8(7-5-3-2-4-6-7)15-9(17-10)11(12,13)14/h2-6H,1H3. The van der Waals surface area contributed by atoms with Crippen molar-refractivity contribution in [2.24, 2.45) is 0 Å². The Hall–Kier alpha value is -1.10. The lowest BCUT2D eigenvalue weighted by molar-refractivity contribution is 0.376. The van der Waals surface area contributed by atoms with E-state index in [0.29, 0.717) is 5.82 Å². The molecular formula is C11H8Cl3N3O. The average molecular weight is 305 g/mol. The SMILES string of the molecule is COc1nc(-c2ccccc2)nc(C(Cl)(Cl)Cl)n1. The van der Waals surface area contributed by atoms with Crippen LogP contribution in [0.15, 0.2) is 30.3 Å². The summed E-state index contributed by atoms with van der Waals surface area (Å²) in [5, 5.41) is 0. The van der Waals surface area contributed by atoms with Crippen LogP contribution < -0.4 is 4.74 Å². The molecule has 0 atom stereocenters. The number of benzene rings is 1. The van der Waals surface area contributed by atoms with Crippen molar-refractivity contribution in [3.05, 3.63) is 36.2 Å². The third kappa shape index (κ3) is 3.02. The number of ether oxygens (including phenoxy) is 1. The van der Waals surface area contributed by atoms with Gasteiger partial charge in [0, 0.05) is 5.56 Å². The van der Waals surface area contributed by atoms with Crippen molar-refractivity contribution < 1.29 is 4.74 Å². The van der Waals surface area contributed by atoms with Crippen molar-refractivity contribution in [2.45, 2.75) is 3.79 Å². The lowest BCUT2D eigenvalue weighted by Crippen LogP contribution is -2.10. The molecule has 4 nitrogen and oxygen atoms in total. The Morgan fingerprint density at radius 1 is 1.00 bits per heavy atom. The van der Waals surface area contributed by atoms with Crippen molar-refractivity contribution in [2.75, 3.05) is 7.11 Å². The molecule has 0 amide bonds. The number of alkyl halides is 3. The molecule has 0 unspecified atom stereocenters. The van der Waals surface area contributed by atoms with Crippen molar-refractivity contribution >= 4 is 34.8 Å². The molecule has 94 valence electrons. The number of halogens is 3. The van der Waals surface area contributed by atoms with Crippen LogP contribution in [0.4, 0.5) is 0 Å². The second-order valence-electron chi connectivity index (χ2n) is 3.33. The Morgan fingerprint density at radius 2 is 1.67 bits per heavy atom. The van der Waals surface area contributed by atoms with Gasteiger partial charge in [-0.15, -0.1) is 0 Å². The van der Waals surface area contributed by atoms with Gasteiger partial charge in [0.25, 0.3) is 0 Å². The first kappa shape index (κ1) is 13.3. The fraction of sp³-hybridized carbons (Fsp3) is 0.182. The molecule has 0 bridgehead atoms. The Balaban J connectivity index is 2.55. The van der Waals surface area contributed by atoms with Crippen LogP contribution in [0, 0.1) is 0 Å². The molecule has 2 rings (SSSR count). The fourth-order valence-electron chi connectivity index (χ4n) is 1.29. The van der Waals surface area contributed by atoms with E-state index in [1.54, 1.807) is 0 Å². The predicted octanol–water partition coefficient (Wildman–Crippen LogP) is 3.37. The van der Waals surface area contributed by atoms with Crippen LogP contribution in [0.1, 0.15) is 5.82 Å². The summed E-state index contributed by atoms with van der Waals surface area (Å²) >= 11 is 17.3. The maximum Gasteiger partial charge on any atom is 0.320 e. The predicted molar refractivity (Wildman–Crippen MR) is 71.1 cm³/mol. The molecule has 2 aromatic rings. The number of hydrogen-bond donors (Lipinski definition) is 0. The Kier molecular flexibility index (Phi) is 3.90. The summed E-state index contributed by atoms with van der Waals surface area (Å²) in [7, 11) is 1.44. The molecule has 0 aliphatic rings. The lowest BCUT2D eigenvalue weighted by Gasteiger charge is -2.11. The van der Waals surface area contributed by atoms with Crippen LogP contribution in [0.3, 0.4) is 0 Å². The van der Waals surface area contributed by atoms with E-state index in [1.165, 1.54) is 7.11 Å². The molecule has 0 aliphatic carbocycles. The quantitative estimate of drug-likeness (QED) is 0.798. The van der Waals surface area contributed by atoms with Crippen LogP contribution >= 0.6 is 34.8 Å². The molecule has 18 heavy (non-hydrogen) atoms. The molecule has 1 aromatic carbocycles. The Bertz CT molecular complexity index is 543. The smallest absolute Gasteiger partial charge is 0.320 e. The number of nitrogens with zero attached hydrogens (tertiary/aromatic N) is 3. The first-order valence-electron chi connectivity index (χ1n) is 4.93. The summed E-state index contributed by atoms with van der Waals surface area (Å²) in [4.78, 5) is 12.1. The monoisotopic (exact) mass is 303 g/mol. The topological polar surface area (TPSA) is 47.9 Å². The second kappa shape index (κ2) is 5.26. The summed E-state index contributed by atoms with van der Waals surface area (Å²) in [6.45, 7) is 0. The number of hydrogen-bond acceptors (Lipinski definition) is 4. The molecule has 0 N–H and O–H groups in total. The molecule has 0 aliphatic heterocycles. The van der Waals surface area contributed by atoms with Gasteiger partial charge in [0.2, 0.25) is 3.79 Å². The summed E-state index contributed by atoms with van der Waals surface area (Å²) in [5.74, 6) is 0.418. The highest BCUT2D eigenvalue weighted by atomic mass is 35.6. The molecule has 0 fully saturated rings. The minimum Gasteiger partial charge on any atom is -0.467 e. The van der Waals surface area contributed by atoms with Crippen LogP contribution in [-0.2, 0) is 3.79 Å². The zero-order valence-electron chi connectivity index (χ0n) is 9.27. The van der Waals surface area contributed by atoms with E-state index in [0.717, 1.165) is 5.56 Å².